The van der Waals surface area contributed by atoms with Gasteiger partial charge in [0, 0.05) is 56.7 Å². The molecule has 4 N–H and O–H groups in total. The summed E-state index contributed by atoms with van der Waals surface area (Å²) in [5.74, 6) is 0.695. The first-order valence-corrected chi connectivity index (χ1v) is 13.7. The summed E-state index contributed by atoms with van der Waals surface area (Å²) in [6, 6.07) is 1.65. The molecular weight excluding hydrogens is 506 g/mol. The van der Waals surface area contributed by atoms with Gasteiger partial charge in [-0.25, -0.2) is 15.0 Å². The van der Waals surface area contributed by atoms with Crippen molar-refractivity contribution in [1.29, 1.82) is 0 Å². The zero-order chi connectivity index (χ0) is 25.3. The Hall–Kier alpha value is -2.75. The van der Waals surface area contributed by atoms with E-state index in [2.05, 4.69) is 29.7 Å². The van der Waals surface area contributed by atoms with E-state index >= 15 is 0 Å². The molecule has 4 heterocycles. The van der Waals surface area contributed by atoms with Crippen molar-refractivity contribution in [3.8, 4) is 0 Å². The van der Waals surface area contributed by atoms with Crippen LogP contribution in [0.25, 0.3) is 0 Å². The van der Waals surface area contributed by atoms with E-state index in [4.69, 9.17) is 4.55 Å². The molecule has 1 aliphatic heterocycles. The first kappa shape index (κ1) is 24.9. The minimum atomic E-state index is -4.39. The number of nitrogens with one attached hydrogen (secondary N) is 2. The van der Waals surface area contributed by atoms with Crippen LogP contribution in [0, 0.1) is 12.5 Å². The number of hydrogen-bond donors (Lipinski definition) is 4. The minimum absolute atomic E-state index is 0.196. The Balaban J connectivity index is 1.23. The van der Waals surface area contributed by atoms with E-state index in [1.807, 2.05) is 28.6 Å². The minimum Gasteiger partial charge on any atom is -0.393 e. The number of ketones is 1. The molecule has 12 nitrogen and oxygen atoms in total. The highest BCUT2D eigenvalue weighted by molar-refractivity contribution is 7.83. The molecule has 1 aliphatic carbocycles. The van der Waals surface area contributed by atoms with Gasteiger partial charge in [-0.2, -0.15) is 13.1 Å². The fourth-order valence-electron chi connectivity index (χ4n) is 4.65. The molecule has 14 heteroatoms. The zero-order valence-electron chi connectivity index (χ0n) is 19.2. The molecule has 0 bridgehead atoms. The third-order valence-corrected chi connectivity index (χ3v) is 7.83. The van der Waals surface area contributed by atoms with Crippen LogP contribution in [-0.4, -0.2) is 67.0 Å². The van der Waals surface area contributed by atoms with Gasteiger partial charge in [0.05, 0.1) is 23.1 Å². The fourth-order valence-corrected chi connectivity index (χ4v) is 5.85. The molecule has 2 aliphatic rings. The Kier molecular flexibility index (Phi) is 7.14. The topological polar surface area (TPSA) is 163 Å². The number of thiophene rings is 1. The summed E-state index contributed by atoms with van der Waals surface area (Å²) in [5, 5.41) is 15.5. The van der Waals surface area contributed by atoms with E-state index in [-0.39, 0.29) is 11.8 Å². The molecule has 36 heavy (non-hydrogen) atoms. The molecule has 0 spiro atoms. The molecule has 0 saturated heterocycles. The van der Waals surface area contributed by atoms with Gasteiger partial charge in [-0.3, -0.25) is 14.2 Å². The van der Waals surface area contributed by atoms with Gasteiger partial charge in [0.1, 0.15) is 18.0 Å². The van der Waals surface area contributed by atoms with Gasteiger partial charge in [-0.15, -0.1) is 11.3 Å². The Labute approximate surface area is 212 Å². The van der Waals surface area contributed by atoms with Gasteiger partial charge in [0.25, 0.3) is 0 Å². The number of rotatable bonds is 9. The summed E-state index contributed by atoms with van der Waals surface area (Å²) in [6.45, 7) is 4.45. The van der Waals surface area contributed by atoms with Crippen molar-refractivity contribution in [2.75, 3.05) is 11.9 Å². The predicted molar refractivity (Wildman–Crippen MR) is 131 cm³/mol. The molecular formula is C22H26N7O5S2. The number of anilines is 1. The number of carbonyl (C=O) groups excluding carboxylic acids is 1. The van der Waals surface area contributed by atoms with Gasteiger partial charge in [0.15, 0.2) is 0 Å². The first-order chi connectivity index (χ1) is 17.2. The number of imidazole rings is 1. The summed E-state index contributed by atoms with van der Waals surface area (Å²) in [6.07, 6.45) is 6.51. The standard InChI is InChI=1S/C22H26N7O5S2/c30-18-7-16(6-15(18)8-26-36(32,33)34)27-22-17(9-23-13-25-22)21(31)19-5-14(12-35-19)10-28-3-4-29-2-1-24-20(29)11-28/h1-2,5,8-9,12-13,15-16,18,26,30H,3-4,6-7,10-11H2,(H,23,25,27)(H,32,33,34)/t15-,16-,18+/m1/s1. The number of nitrogens with zero attached hydrogens (tertiary/aromatic N) is 5. The highest BCUT2D eigenvalue weighted by atomic mass is 32.2. The average molecular weight is 533 g/mol. The Morgan fingerprint density at radius 1 is 1.28 bits per heavy atom. The molecule has 1 saturated carbocycles. The lowest BCUT2D eigenvalue weighted by atomic mass is 10.1. The summed E-state index contributed by atoms with van der Waals surface area (Å²) in [4.78, 5) is 28.9. The molecule has 1 radical (unpaired) electrons. The van der Waals surface area contributed by atoms with Gasteiger partial charge < -0.3 is 15.0 Å². The summed E-state index contributed by atoms with van der Waals surface area (Å²) < 4.78 is 34.8. The fraction of sp³-hybridized carbons (Fsp3) is 0.409. The monoisotopic (exact) mass is 532 g/mol. The van der Waals surface area contributed by atoms with Crippen molar-refractivity contribution < 1.29 is 22.9 Å². The molecule has 191 valence electrons. The van der Waals surface area contributed by atoms with E-state index in [0.717, 1.165) is 44.1 Å². The van der Waals surface area contributed by atoms with Crippen LogP contribution in [0.1, 0.15) is 39.5 Å². The second-order valence-corrected chi connectivity index (χ2v) is 11.1. The molecule has 3 atom stereocenters. The van der Waals surface area contributed by atoms with Crippen LogP contribution in [0.4, 0.5) is 5.82 Å². The van der Waals surface area contributed by atoms with Crippen molar-refractivity contribution in [2.45, 2.75) is 44.6 Å². The van der Waals surface area contributed by atoms with E-state index in [9.17, 15) is 18.3 Å². The number of aliphatic hydroxyl groups excluding tert-OH is 1. The van der Waals surface area contributed by atoms with Gasteiger partial charge in [-0.1, -0.05) is 0 Å². The maximum atomic E-state index is 13.3. The molecule has 1 fully saturated rings. The second-order valence-electron chi connectivity index (χ2n) is 8.98. The zero-order valence-corrected chi connectivity index (χ0v) is 20.8. The summed E-state index contributed by atoms with van der Waals surface area (Å²) >= 11 is 1.38. The number of aromatic nitrogens is 4. The summed E-state index contributed by atoms with van der Waals surface area (Å²) in [5.41, 5.74) is 1.38. The Morgan fingerprint density at radius 3 is 2.97 bits per heavy atom. The van der Waals surface area contributed by atoms with Crippen LogP contribution < -0.4 is 10.0 Å². The van der Waals surface area contributed by atoms with E-state index < -0.39 is 22.3 Å². The number of aliphatic hydroxyl groups is 1. The van der Waals surface area contributed by atoms with Gasteiger partial charge in [0.2, 0.25) is 5.78 Å². The maximum absolute atomic E-state index is 13.3. The Bertz CT molecular complexity index is 1340. The molecule has 0 aromatic carbocycles. The van der Waals surface area contributed by atoms with Crippen LogP contribution in [0.15, 0.2) is 36.4 Å². The van der Waals surface area contributed by atoms with Crippen LogP contribution in [-0.2, 0) is 29.9 Å². The Morgan fingerprint density at radius 2 is 2.14 bits per heavy atom. The van der Waals surface area contributed by atoms with E-state index in [1.54, 1.807) is 0 Å². The van der Waals surface area contributed by atoms with Gasteiger partial charge in [-0.05, 0) is 29.9 Å². The highest BCUT2D eigenvalue weighted by Gasteiger charge is 2.34. The second kappa shape index (κ2) is 10.3. The third kappa shape index (κ3) is 5.79. The lowest BCUT2D eigenvalue weighted by Gasteiger charge is -2.27. The lowest BCUT2D eigenvalue weighted by Crippen LogP contribution is -2.33. The first-order valence-electron chi connectivity index (χ1n) is 11.4. The maximum Gasteiger partial charge on any atom is 0.333 e. The van der Waals surface area contributed by atoms with Crippen molar-refractivity contribution in [3.05, 3.63) is 64.7 Å². The van der Waals surface area contributed by atoms with Gasteiger partial charge >= 0.3 is 10.3 Å². The molecule has 0 amide bonds. The van der Waals surface area contributed by atoms with Crippen LogP contribution in [0.5, 0.6) is 0 Å². The number of fused-ring (bicyclic) bond motifs is 1. The number of hydrogen-bond acceptors (Lipinski definition) is 10. The van der Waals surface area contributed by atoms with Crippen molar-refractivity contribution in [3.63, 3.8) is 0 Å². The molecule has 0 unspecified atom stereocenters. The highest BCUT2D eigenvalue weighted by Crippen LogP contribution is 2.31. The summed E-state index contributed by atoms with van der Waals surface area (Å²) in [7, 11) is -4.39. The predicted octanol–water partition coefficient (Wildman–Crippen LogP) is 1.09. The van der Waals surface area contributed by atoms with Crippen molar-refractivity contribution in [2.24, 2.45) is 5.92 Å². The smallest absolute Gasteiger partial charge is 0.333 e. The molecule has 3 aromatic heterocycles. The van der Waals surface area contributed by atoms with Crippen LogP contribution in [0.2, 0.25) is 0 Å². The van der Waals surface area contributed by atoms with Crippen molar-refractivity contribution >= 4 is 33.2 Å². The number of carbonyl (C=O) groups is 1. The third-order valence-electron chi connectivity index (χ3n) is 6.41. The quantitative estimate of drug-likeness (QED) is 0.232. The van der Waals surface area contributed by atoms with Crippen LogP contribution >= 0.6 is 11.3 Å². The largest absolute Gasteiger partial charge is 0.393 e. The normalized spacial score (nSPS) is 22.4. The lowest BCUT2D eigenvalue weighted by molar-refractivity contribution is 0.104. The van der Waals surface area contributed by atoms with Crippen molar-refractivity contribution in [1.82, 2.24) is 29.1 Å². The van der Waals surface area contributed by atoms with Crippen LogP contribution in [0.3, 0.4) is 0 Å². The SMILES string of the molecule is O=C(c1cc(CN2CCn3ccnc3C2)cs1)c1cncnc1N[C@H]1C[C@H](O)[C@@H]([CH]NS(=O)(=O)O)C1. The van der Waals surface area contributed by atoms with E-state index in [1.165, 1.54) is 23.9 Å². The van der Waals surface area contributed by atoms with E-state index in [0.29, 0.717) is 29.1 Å². The molecule has 5 rings (SSSR count). The molecule has 3 aromatic rings. The average Bonchev–Trinajstić information content (AvgIpc) is 3.57.